The molecule has 1 aromatic carbocycles. The quantitative estimate of drug-likeness (QED) is 0.798. The summed E-state index contributed by atoms with van der Waals surface area (Å²) in [6.07, 6.45) is 1.84. The van der Waals surface area contributed by atoms with Crippen LogP contribution in [0.1, 0.15) is 11.6 Å². The standard InChI is InChI=1S/C15H22N2O3.2ClH/c1-4-12(17-7-5-16-6-8-17)15-13(18)9-11(19-2)10-14(15)20-3;;/h4,9-10,12,16,18H,1,5-8H2,2-3H3;2*1H/t12-;;/m1../s1. The summed E-state index contributed by atoms with van der Waals surface area (Å²) in [5.41, 5.74) is 0.741. The number of methoxy groups -OCH3 is 2. The van der Waals surface area contributed by atoms with Gasteiger partial charge in [0.05, 0.1) is 25.8 Å². The van der Waals surface area contributed by atoms with Crippen LogP contribution in [0.2, 0.25) is 0 Å². The molecule has 1 aliphatic heterocycles. The molecule has 0 spiro atoms. The summed E-state index contributed by atoms with van der Waals surface area (Å²) in [6.45, 7) is 7.60. The van der Waals surface area contributed by atoms with Gasteiger partial charge in [-0.05, 0) is 0 Å². The average Bonchev–Trinajstić information content (AvgIpc) is 2.50. The summed E-state index contributed by atoms with van der Waals surface area (Å²) in [4.78, 5) is 2.27. The molecule has 0 bridgehead atoms. The first-order valence-electron chi connectivity index (χ1n) is 6.73. The number of hydrogen-bond acceptors (Lipinski definition) is 5. The molecule has 0 saturated carbocycles. The number of aromatic hydroxyl groups is 1. The Bertz CT molecular complexity index is 480. The number of phenols is 1. The van der Waals surface area contributed by atoms with E-state index in [0.717, 1.165) is 31.7 Å². The van der Waals surface area contributed by atoms with Crippen LogP contribution in [0.3, 0.4) is 0 Å². The number of ether oxygens (including phenoxy) is 2. The number of phenolic OH excluding ortho intramolecular Hbond substituents is 1. The smallest absolute Gasteiger partial charge is 0.131 e. The predicted molar refractivity (Wildman–Crippen MR) is 93.1 cm³/mol. The first-order valence-corrected chi connectivity index (χ1v) is 6.73. The van der Waals surface area contributed by atoms with Gasteiger partial charge in [-0.2, -0.15) is 0 Å². The lowest BCUT2D eigenvalue weighted by Crippen LogP contribution is -2.44. The Labute approximate surface area is 144 Å². The SMILES string of the molecule is C=C[C@H](c1c(O)cc(OC)cc1OC)N1CCNCC1.Cl.Cl. The number of nitrogens with one attached hydrogen (secondary N) is 1. The van der Waals surface area contributed by atoms with Crippen molar-refractivity contribution >= 4 is 24.8 Å². The molecule has 126 valence electrons. The zero-order valence-electron chi connectivity index (χ0n) is 12.9. The minimum atomic E-state index is -0.0713. The van der Waals surface area contributed by atoms with E-state index in [1.54, 1.807) is 26.4 Å². The third-order valence-electron chi connectivity index (χ3n) is 3.61. The summed E-state index contributed by atoms with van der Waals surface area (Å²) in [7, 11) is 3.16. The normalized spacial score (nSPS) is 15.9. The van der Waals surface area contributed by atoms with E-state index >= 15 is 0 Å². The molecule has 1 heterocycles. The Kier molecular flexibility index (Phi) is 9.28. The molecular weight excluding hydrogens is 327 g/mol. The molecule has 0 aromatic heterocycles. The van der Waals surface area contributed by atoms with Gasteiger partial charge in [-0.15, -0.1) is 31.4 Å². The fourth-order valence-electron chi connectivity index (χ4n) is 2.58. The maximum atomic E-state index is 10.3. The molecule has 1 atom stereocenters. The van der Waals surface area contributed by atoms with Crippen molar-refractivity contribution in [1.82, 2.24) is 10.2 Å². The largest absolute Gasteiger partial charge is 0.507 e. The lowest BCUT2D eigenvalue weighted by atomic mass is 10.0. The molecule has 7 heteroatoms. The lowest BCUT2D eigenvalue weighted by Gasteiger charge is -2.34. The number of hydrogen-bond donors (Lipinski definition) is 2. The van der Waals surface area contributed by atoms with Gasteiger partial charge < -0.3 is 19.9 Å². The monoisotopic (exact) mass is 350 g/mol. The van der Waals surface area contributed by atoms with Crippen LogP contribution in [0.4, 0.5) is 0 Å². The van der Waals surface area contributed by atoms with Crippen LogP contribution in [0, 0.1) is 0 Å². The zero-order valence-corrected chi connectivity index (χ0v) is 14.5. The van der Waals surface area contributed by atoms with Crippen LogP contribution >= 0.6 is 24.8 Å². The van der Waals surface area contributed by atoms with E-state index in [0.29, 0.717) is 11.5 Å². The van der Waals surface area contributed by atoms with Crippen molar-refractivity contribution in [2.24, 2.45) is 0 Å². The Balaban J connectivity index is 0.00000220. The molecule has 1 aromatic rings. The highest BCUT2D eigenvalue weighted by Gasteiger charge is 2.25. The Hall–Kier alpha value is -1.14. The topological polar surface area (TPSA) is 54.0 Å². The van der Waals surface area contributed by atoms with Gasteiger partial charge in [0.1, 0.15) is 17.2 Å². The van der Waals surface area contributed by atoms with E-state index in [9.17, 15) is 5.11 Å². The molecular formula is C15H24Cl2N2O3. The van der Waals surface area contributed by atoms with E-state index in [1.807, 2.05) is 6.08 Å². The van der Waals surface area contributed by atoms with Crippen LogP contribution in [0.5, 0.6) is 17.2 Å². The summed E-state index contributed by atoms with van der Waals surface area (Å²) in [6, 6.07) is 3.32. The van der Waals surface area contributed by atoms with Crippen molar-refractivity contribution in [2.75, 3.05) is 40.4 Å². The Morgan fingerprint density at radius 2 is 1.86 bits per heavy atom. The second-order valence-corrected chi connectivity index (χ2v) is 4.73. The van der Waals surface area contributed by atoms with Gasteiger partial charge in [0.25, 0.3) is 0 Å². The van der Waals surface area contributed by atoms with Crippen LogP contribution in [0.15, 0.2) is 24.8 Å². The first kappa shape index (κ1) is 20.9. The maximum Gasteiger partial charge on any atom is 0.131 e. The molecule has 1 fully saturated rings. The van der Waals surface area contributed by atoms with Gasteiger partial charge in [0.15, 0.2) is 0 Å². The highest BCUT2D eigenvalue weighted by atomic mass is 35.5. The van der Waals surface area contributed by atoms with E-state index < -0.39 is 0 Å². The van der Waals surface area contributed by atoms with Crippen molar-refractivity contribution in [1.29, 1.82) is 0 Å². The van der Waals surface area contributed by atoms with Crippen molar-refractivity contribution < 1.29 is 14.6 Å². The molecule has 1 saturated heterocycles. The summed E-state index contributed by atoms with van der Waals surface area (Å²) in [5.74, 6) is 1.36. The third kappa shape index (κ3) is 4.43. The van der Waals surface area contributed by atoms with Gasteiger partial charge in [0.2, 0.25) is 0 Å². The van der Waals surface area contributed by atoms with Crippen LogP contribution < -0.4 is 14.8 Å². The van der Waals surface area contributed by atoms with Gasteiger partial charge in [-0.3, -0.25) is 4.90 Å². The van der Waals surface area contributed by atoms with Crippen molar-refractivity contribution in [2.45, 2.75) is 6.04 Å². The molecule has 0 aliphatic carbocycles. The highest BCUT2D eigenvalue weighted by Crippen LogP contribution is 2.40. The molecule has 22 heavy (non-hydrogen) atoms. The average molecular weight is 351 g/mol. The van der Waals surface area contributed by atoms with Crippen LogP contribution in [-0.2, 0) is 0 Å². The minimum absolute atomic E-state index is 0. The first-order chi connectivity index (χ1) is 9.71. The predicted octanol–water partition coefficient (Wildman–Crippen LogP) is 2.39. The van der Waals surface area contributed by atoms with Gasteiger partial charge in [-0.25, -0.2) is 0 Å². The second kappa shape index (κ2) is 9.79. The van der Waals surface area contributed by atoms with E-state index in [2.05, 4.69) is 16.8 Å². The fourth-order valence-corrected chi connectivity index (χ4v) is 2.58. The summed E-state index contributed by atoms with van der Waals surface area (Å²) in [5, 5.41) is 13.6. The molecule has 1 aliphatic rings. The van der Waals surface area contributed by atoms with Crippen molar-refractivity contribution in [3.63, 3.8) is 0 Å². The molecule has 2 N–H and O–H groups in total. The zero-order chi connectivity index (χ0) is 14.5. The number of rotatable bonds is 5. The number of nitrogens with zero attached hydrogens (tertiary/aromatic N) is 1. The van der Waals surface area contributed by atoms with Gasteiger partial charge in [-0.1, -0.05) is 6.08 Å². The van der Waals surface area contributed by atoms with E-state index in [1.165, 1.54) is 0 Å². The molecule has 0 radical (unpaired) electrons. The number of piperazine rings is 1. The lowest BCUT2D eigenvalue weighted by molar-refractivity contribution is 0.197. The van der Waals surface area contributed by atoms with Gasteiger partial charge >= 0.3 is 0 Å². The van der Waals surface area contributed by atoms with E-state index in [4.69, 9.17) is 9.47 Å². The van der Waals surface area contributed by atoms with Gasteiger partial charge in [0, 0.05) is 38.3 Å². The van der Waals surface area contributed by atoms with Crippen molar-refractivity contribution in [3.05, 3.63) is 30.4 Å². The Morgan fingerprint density at radius 1 is 1.23 bits per heavy atom. The molecule has 2 rings (SSSR count). The highest BCUT2D eigenvalue weighted by molar-refractivity contribution is 5.85. The minimum Gasteiger partial charge on any atom is -0.507 e. The Morgan fingerprint density at radius 3 is 2.36 bits per heavy atom. The summed E-state index contributed by atoms with van der Waals surface area (Å²) < 4.78 is 10.6. The maximum absolute atomic E-state index is 10.3. The second-order valence-electron chi connectivity index (χ2n) is 4.73. The summed E-state index contributed by atoms with van der Waals surface area (Å²) >= 11 is 0. The molecule has 0 unspecified atom stereocenters. The van der Waals surface area contributed by atoms with E-state index in [-0.39, 0.29) is 36.6 Å². The van der Waals surface area contributed by atoms with Crippen LogP contribution in [-0.4, -0.2) is 50.4 Å². The van der Waals surface area contributed by atoms with Crippen molar-refractivity contribution in [3.8, 4) is 17.2 Å². The molecule has 0 amide bonds. The third-order valence-corrected chi connectivity index (χ3v) is 3.61. The number of benzene rings is 1. The fraction of sp³-hybridized carbons (Fsp3) is 0.467. The number of halogens is 2. The molecule has 5 nitrogen and oxygen atoms in total. The van der Waals surface area contributed by atoms with Crippen LogP contribution in [0.25, 0.3) is 0 Å².